The molecule has 0 aliphatic heterocycles. The molecule has 5 nitrogen and oxygen atoms in total. The summed E-state index contributed by atoms with van der Waals surface area (Å²) in [5.74, 6) is -0.462. The lowest BCUT2D eigenvalue weighted by atomic mass is 10.1. The number of aromatic nitrogens is 1. The van der Waals surface area contributed by atoms with E-state index in [1.807, 2.05) is 41.9 Å². The van der Waals surface area contributed by atoms with Gasteiger partial charge in [-0.25, -0.2) is 4.79 Å². The Balaban J connectivity index is 2.02. The Hall–Kier alpha value is -2.73. The number of hydrogen-bond donors (Lipinski definition) is 0. The van der Waals surface area contributed by atoms with Crippen molar-refractivity contribution in [1.82, 2.24) is 4.57 Å². The van der Waals surface area contributed by atoms with Crippen molar-refractivity contribution in [2.75, 3.05) is 0 Å². The van der Waals surface area contributed by atoms with Crippen LogP contribution in [0.2, 0.25) is 0 Å². The normalized spacial score (nSPS) is 11.3. The molecule has 0 amide bonds. The van der Waals surface area contributed by atoms with Gasteiger partial charge >= 0.3 is 5.97 Å². The van der Waals surface area contributed by atoms with Gasteiger partial charge in [-0.15, -0.1) is 11.3 Å². The number of carbonyl (C=O) groups excluding carboxylic acids is 2. The molecule has 1 aromatic carbocycles. The fourth-order valence-electron chi connectivity index (χ4n) is 2.79. The average Bonchev–Trinajstić information content (AvgIpc) is 3.27. The number of fused-ring (bicyclic) bond motifs is 1. The van der Waals surface area contributed by atoms with Gasteiger partial charge in [-0.3, -0.25) is 4.79 Å². The highest BCUT2D eigenvalue weighted by molar-refractivity contribution is 7.12. The fourth-order valence-corrected chi connectivity index (χ4v) is 3.48. The molecule has 0 aliphatic rings. The van der Waals surface area contributed by atoms with Crippen LogP contribution in [0.4, 0.5) is 0 Å². The monoisotopic (exact) mass is 368 g/mol. The fraction of sp³-hybridized carbons (Fsp3) is 0.250. The molecule has 0 atom stereocenters. The number of hydrogen-bond acceptors (Lipinski definition) is 5. The number of aryl methyl sites for hydroxylation is 1. The van der Waals surface area contributed by atoms with Crippen LogP contribution in [0.25, 0.3) is 10.9 Å². The third-order valence-electron chi connectivity index (χ3n) is 4.04. The van der Waals surface area contributed by atoms with Gasteiger partial charge in [0, 0.05) is 41.7 Å². The van der Waals surface area contributed by atoms with E-state index in [1.54, 1.807) is 0 Å². The zero-order valence-electron chi connectivity index (χ0n) is 14.8. The summed E-state index contributed by atoms with van der Waals surface area (Å²) in [6, 6.07) is 9.41. The Morgan fingerprint density at radius 1 is 1.31 bits per heavy atom. The summed E-state index contributed by atoms with van der Waals surface area (Å²) in [6.07, 6.45) is 5.64. The maximum absolute atomic E-state index is 12.6. The van der Waals surface area contributed by atoms with Crippen molar-refractivity contribution >= 4 is 40.2 Å². The Bertz CT molecular complexity index is 955. The average molecular weight is 368 g/mol. The van der Waals surface area contributed by atoms with Gasteiger partial charge in [-0.1, -0.05) is 24.6 Å². The SMILES string of the molecule is CCCCn1cc(/C=N/OC(C)=O)c2cc(C(=O)c3cccs3)ccc21. The number of nitrogens with zero attached hydrogens (tertiary/aromatic N) is 2. The summed E-state index contributed by atoms with van der Waals surface area (Å²) in [6.45, 7) is 4.33. The second-order valence-electron chi connectivity index (χ2n) is 5.99. The van der Waals surface area contributed by atoms with Crippen molar-refractivity contribution in [3.05, 3.63) is 57.9 Å². The molecule has 3 rings (SSSR count). The third kappa shape index (κ3) is 3.91. The highest BCUT2D eigenvalue weighted by atomic mass is 32.1. The number of thiophene rings is 1. The number of rotatable bonds is 7. The van der Waals surface area contributed by atoms with E-state index in [-0.39, 0.29) is 5.78 Å². The van der Waals surface area contributed by atoms with Crippen molar-refractivity contribution < 1.29 is 14.4 Å². The van der Waals surface area contributed by atoms with E-state index in [4.69, 9.17) is 0 Å². The van der Waals surface area contributed by atoms with Gasteiger partial charge < -0.3 is 9.40 Å². The van der Waals surface area contributed by atoms with Gasteiger partial charge in [0.2, 0.25) is 5.78 Å². The minimum atomic E-state index is -0.468. The molecule has 0 fully saturated rings. The summed E-state index contributed by atoms with van der Waals surface area (Å²) < 4.78 is 2.15. The molecule has 0 radical (unpaired) electrons. The molecule has 0 spiro atoms. The quantitative estimate of drug-likeness (QED) is 0.264. The van der Waals surface area contributed by atoms with Gasteiger partial charge in [0.1, 0.15) is 0 Å². The van der Waals surface area contributed by atoms with E-state index in [0.29, 0.717) is 10.4 Å². The number of ketones is 1. The molecule has 0 bridgehead atoms. The van der Waals surface area contributed by atoms with Crippen LogP contribution in [0.1, 0.15) is 47.5 Å². The molecule has 2 aromatic heterocycles. The third-order valence-corrected chi connectivity index (χ3v) is 4.91. The maximum atomic E-state index is 12.6. The minimum absolute atomic E-state index is 0.00563. The molecule has 26 heavy (non-hydrogen) atoms. The van der Waals surface area contributed by atoms with Crippen molar-refractivity contribution in [3.63, 3.8) is 0 Å². The molecule has 134 valence electrons. The molecular formula is C20H20N2O3S. The van der Waals surface area contributed by atoms with Crippen LogP contribution in [0.15, 0.2) is 47.1 Å². The Morgan fingerprint density at radius 3 is 2.85 bits per heavy atom. The first kappa shape index (κ1) is 18.1. The molecule has 0 saturated heterocycles. The standard InChI is InChI=1S/C20H20N2O3S/c1-3-4-9-22-13-16(12-21-25-14(2)23)17-11-15(7-8-18(17)22)20(24)19-6-5-10-26-19/h5-8,10-13H,3-4,9H2,1-2H3/b21-12+. The maximum Gasteiger partial charge on any atom is 0.331 e. The molecule has 0 unspecified atom stereocenters. The van der Waals surface area contributed by atoms with Crippen molar-refractivity contribution in [3.8, 4) is 0 Å². The van der Waals surface area contributed by atoms with Gasteiger partial charge in [0.25, 0.3) is 0 Å². The number of unbranched alkanes of at least 4 members (excludes halogenated alkanes) is 1. The lowest BCUT2D eigenvalue weighted by Gasteiger charge is -2.05. The molecule has 3 aromatic rings. The van der Waals surface area contributed by atoms with Crippen LogP contribution in [-0.4, -0.2) is 22.5 Å². The van der Waals surface area contributed by atoms with Crippen molar-refractivity contribution in [2.24, 2.45) is 5.16 Å². The molecule has 0 saturated carbocycles. The van der Waals surface area contributed by atoms with Crippen LogP contribution in [0, 0.1) is 0 Å². The lowest BCUT2D eigenvalue weighted by Crippen LogP contribution is -1.99. The molecule has 6 heteroatoms. The Morgan fingerprint density at radius 2 is 2.15 bits per heavy atom. The summed E-state index contributed by atoms with van der Waals surface area (Å²) in [7, 11) is 0. The first-order valence-corrected chi connectivity index (χ1v) is 9.40. The smallest absolute Gasteiger partial charge is 0.331 e. The summed E-state index contributed by atoms with van der Waals surface area (Å²) in [4.78, 5) is 29.0. The van der Waals surface area contributed by atoms with Crippen LogP contribution in [0.3, 0.4) is 0 Å². The van der Waals surface area contributed by atoms with Crippen molar-refractivity contribution in [1.29, 1.82) is 0 Å². The van der Waals surface area contributed by atoms with Crippen LogP contribution >= 0.6 is 11.3 Å². The van der Waals surface area contributed by atoms with E-state index in [0.717, 1.165) is 35.9 Å². The predicted molar refractivity (Wildman–Crippen MR) is 104 cm³/mol. The highest BCUT2D eigenvalue weighted by Gasteiger charge is 2.14. The van der Waals surface area contributed by atoms with Gasteiger partial charge in [-0.2, -0.15) is 0 Å². The molecule has 2 heterocycles. The van der Waals surface area contributed by atoms with E-state index >= 15 is 0 Å². The minimum Gasteiger partial charge on any atom is -0.347 e. The van der Waals surface area contributed by atoms with Crippen LogP contribution < -0.4 is 0 Å². The first-order chi connectivity index (χ1) is 12.6. The molecule has 0 aliphatic carbocycles. The highest BCUT2D eigenvalue weighted by Crippen LogP contribution is 2.25. The molecule has 0 N–H and O–H groups in total. The predicted octanol–water partition coefficient (Wildman–Crippen LogP) is 4.63. The largest absolute Gasteiger partial charge is 0.347 e. The van der Waals surface area contributed by atoms with E-state index in [2.05, 4.69) is 21.5 Å². The summed E-state index contributed by atoms with van der Waals surface area (Å²) in [5, 5.41) is 6.55. The van der Waals surface area contributed by atoms with Crippen LogP contribution in [-0.2, 0) is 16.2 Å². The Labute approximate surface area is 155 Å². The zero-order valence-corrected chi connectivity index (χ0v) is 15.6. The summed E-state index contributed by atoms with van der Waals surface area (Å²) >= 11 is 1.43. The molecular weight excluding hydrogens is 348 g/mol. The van der Waals surface area contributed by atoms with Gasteiger partial charge in [0.15, 0.2) is 0 Å². The van der Waals surface area contributed by atoms with E-state index in [9.17, 15) is 9.59 Å². The Kier molecular flexibility index (Phi) is 5.63. The topological polar surface area (TPSA) is 60.7 Å². The van der Waals surface area contributed by atoms with Crippen LogP contribution in [0.5, 0.6) is 0 Å². The first-order valence-electron chi connectivity index (χ1n) is 8.52. The van der Waals surface area contributed by atoms with E-state index < -0.39 is 5.97 Å². The second-order valence-corrected chi connectivity index (χ2v) is 6.93. The lowest BCUT2D eigenvalue weighted by molar-refractivity contribution is -0.140. The zero-order chi connectivity index (χ0) is 18.5. The number of benzene rings is 1. The number of carbonyl (C=O) groups is 2. The van der Waals surface area contributed by atoms with E-state index in [1.165, 1.54) is 24.5 Å². The van der Waals surface area contributed by atoms with Crippen molar-refractivity contribution in [2.45, 2.75) is 33.2 Å². The van der Waals surface area contributed by atoms with Gasteiger partial charge in [-0.05, 0) is 36.1 Å². The second kappa shape index (κ2) is 8.10. The summed E-state index contributed by atoms with van der Waals surface area (Å²) in [5.41, 5.74) is 2.49. The van der Waals surface area contributed by atoms with Gasteiger partial charge in [0.05, 0.1) is 11.1 Å². The number of oxime groups is 1.